The number of hydrogen-bond donors (Lipinski definition) is 1. The van der Waals surface area contributed by atoms with Crippen molar-refractivity contribution in [2.24, 2.45) is 0 Å². The molecule has 3 rings (SSSR count). The maximum absolute atomic E-state index is 10.6. The van der Waals surface area contributed by atoms with Gasteiger partial charge in [-0.05, 0) is 0 Å². The van der Waals surface area contributed by atoms with Gasteiger partial charge in [0, 0.05) is 19.8 Å². The minimum Gasteiger partial charge on any atom is -0.387 e. The molecule has 0 spiro atoms. The van der Waals surface area contributed by atoms with E-state index >= 15 is 0 Å². The zero-order chi connectivity index (χ0) is 16.2. The monoisotopic (exact) mass is 326 g/mol. The number of fused-ring (bicyclic) bond motifs is 1. The number of methoxy groups -OCH3 is 2. The molecule has 0 radical (unpaired) electrons. The molecule has 1 unspecified atom stereocenters. The average Bonchev–Trinajstić information content (AvgIpc) is 2.61. The van der Waals surface area contributed by atoms with Gasteiger partial charge in [0.05, 0.1) is 6.61 Å². The van der Waals surface area contributed by atoms with E-state index in [1.165, 1.54) is 14.2 Å². The van der Waals surface area contributed by atoms with Crippen molar-refractivity contribution >= 4 is 0 Å². The lowest BCUT2D eigenvalue weighted by atomic mass is 9.97. The molecular formula is C16H22O7. The largest absolute Gasteiger partial charge is 0.387 e. The van der Waals surface area contributed by atoms with E-state index in [2.05, 4.69) is 0 Å². The third kappa shape index (κ3) is 3.56. The van der Waals surface area contributed by atoms with Crippen LogP contribution in [0, 0.1) is 0 Å². The summed E-state index contributed by atoms with van der Waals surface area (Å²) in [7, 11) is 3.01. The van der Waals surface area contributed by atoms with Crippen molar-refractivity contribution in [3.63, 3.8) is 0 Å². The van der Waals surface area contributed by atoms with Gasteiger partial charge >= 0.3 is 0 Å². The van der Waals surface area contributed by atoms with Gasteiger partial charge in [0.2, 0.25) is 0 Å². The number of rotatable bonds is 5. The van der Waals surface area contributed by atoms with E-state index in [0.29, 0.717) is 6.61 Å². The second-order valence-corrected chi connectivity index (χ2v) is 5.48. The van der Waals surface area contributed by atoms with Crippen molar-refractivity contribution in [3.8, 4) is 0 Å². The maximum atomic E-state index is 10.6. The van der Waals surface area contributed by atoms with Gasteiger partial charge in [0.15, 0.2) is 12.6 Å². The van der Waals surface area contributed by atoms with E-state index in [4.69, 9.17) is 28.4 Å². The van der Waals surface area contributed by atoms with Gasteiger partial charge in [-0.15, -0.1) is 0 Å². The van der Waals surface area contributed by atoms with Crippen LogP contribution in [0.15, 0.2) is 30.3 Å². The summed E-state index contributed by atoms with van der Waals surface area (Å²) < 4.78 is 33.1. The molecule has 1 N–H and O–H groups in total. The summed E-state index contributed by atoms with van der Waals surface area (Å²) in [5, 5.41) is 10.6. The van der Waals surface area contributed by atoms with Gasteiger partial charge in [0.25, 0.3) is 0 Å². The molecule has 128 valence electrons. The smallest absolute Gasteiger partial charge is 0.186 e. The van der Waals surface area contributed by atoms with Crippen LogP contribution in [0.1, 0.15) is 11.9 Å². The highest BCUT2D eigenvalue weighted by molar-refractivity contribution is 5.16. The van der Waals surface area contributed by atoms with Crippen LogP contribution >= 0.6 is 0 Å². The maximum Gasteiger partial charge on any atom is 0.186 e. The predicted octanol–water partition coefficient (Wildman–Crippen LogP) is 0.822. The van der Waals surface area contributed by atoms with E-state index in [-0.39, 0.29) is 6.79 Å². The van der Waals surface area contributed by atoms with Crippen molar-refractivity contribution in [1.82, 2.24) is 0 Å². The van der Waals surface area contributed by atoms with Crippen molar-refractivity contribution in [2.45, 2.75) is 37.0 Å². The van der Waals surface area contributed by atoms with Gasteiger partial charge in [-0.1, -0.05) is 30.3 Å². The SMILES string of the molecule is COCO[C@H]1[C@H](OC)O[C@@H]2COC(c3ccccc3)O[C@@H]2[C@@H]1O. The van der Waals surface area contributed by atoms with Crippen LogP contribution in [0.4, 0.5) is 0 Å². The van der Waals surface area contributed by atoms with E-state index < -0.39 is 37.0 Å². The first-order chi connectivity index (χ1) is 11.2. The van der Waals surface area contributed by atoms with Crippen LogP contribution in [-0.2, 0) is 28.4 Å². The lowest BCUT2D eigenvalue weighted by Crippen LogP contribution is -2.62. The molecule has 0 aromatic heterocycles. The summed E-state index contributed by atoms with van der Waals surface area (Å²) in [6.07, 6.45) is -3.85. The summed E-state index contributed by atoms with van der Waals surface area (Å²) in [5.74, 6) is 0. The number of ether oxygens (including phenoxy) is 6. The highest BCUT2D eigenvalue weighted by Crippen LogP contribution is 2.35. The van der Waals surface area contributed by atoms with E-state index in [1.54, 1.807) is 0 Å². The molecule has 2 fully saturated rings. The van der Waals surface area contributed by atoms with Gasteiger partial charge in [0.1, 0.15) is 31.2 Å². The zero-order valence-electron chi connectivity index (χ0n) is 13.2. The number of benzene rings is 1. The normalized spacial score (nSPS) is 37.3. The Kier molecular flexibility index (Phi) is 5.60. The van der Waals surface area contributed by atoms with E-state index in [1.807, 2.05) is 30.3 Å². The number of aliphatic hydroxyl groups is 1. The summed E-state index contributed by atoms with van der Waals surface area (Å²) >= 11 is 0. The summed E-state index contributed by atoms with van der Waals surface area (Å²) in [4.78, 5) is 0. The van der Waals surface area contributed by atoms with Gasteiger partial charge in [-0.25, -0.2) is 0 Å². The van der Waals surface area contributed by atoms with E-state index in [9.17, 15) is 5.11 Å². The lowest BCUT2D eigenvalue weighted by Gasteiger charge is -2.47. The summed E-state index contributed by atoms with van der Waals surface area (Å²) in [5.41, 5.74) is 0.890. The molecule has 1 aromatic rings. The van der Waals surface area contributed by atoms with Crippen molar-refractivity contribution in [2.75, 3.05) is 27.6 Å². The second kappa shape index (κ2) is 7.67. The third-order valence-corrected chi connectivity index (χ3v) is 3.99. The highest BCUT2D eigenvalue weighted by atomic mass is 16.8. The van der Waals surface area contributed by atoms with Gasteiger partial charge < -0.3 is 33.5 Å². The molecule has 2 aliphatic heterocycles. The van der Waals surface area contributed by atoms with Crippen molar-refractivity contribution in [3.05, 3.63) is 35.9 Å². The topological polar surface area (TPSA) is 75.6 Å². The fourth-order valence-electron chi connectivity index (χ4n) is 2.86. The van der Waals surface area contributed by atoms with Crippen LogP contribution in [0.25, 0.3) is 0 Å². The number of aliphatic hydroxyl groups excluding tert-OH is 1. The molecule has 6 atom stereocenters. The van der Waals surface area contributed by atoms with Crippen LogP contribution in [0.3, 0.4) is 0 Å². The second-order valence-electron chi connectivity index (χ2n) is 5.48. The molecule has 2 saturated heterocycles. The van der Waals surface area contributed by atoms with Crippen molar-refractivity contribution < 1.29 is 33.5 Å². The van der Waals surface area contributed by atoms with Crippen LogP contribution in [0.2, 0.25) is 0 Å². The quantitative estimate of drug-likeness (QED) is 0.803. The first kappa shape index (κ1) is 16.8. The molecule has 7 heteroatoms. The number of hydrogen-bond acceptors (Lipinski definition) is 7. The molecule has 2 aliphatic rings. The van der Waals surface area contributed by atoms with E-state index in [0.717, 1.165) is 5.56 Å². The Balaban J connectivity index is 1.72. The summed E-state index contributed by atoms with van der Waals surface area (Å²) in [6, 6.07) is 9.57. The van der Waals surface area contributed by atoms with Gasteiger partial charge in [-0.3, -0.25) is 0 Å². The summed E-state index contributed by atoms with van der Waals surface area (Å²) in [6.45, 7) is 0.332. The van der Waals surface area contributed by atoms with Crippen LogP contribution in [-0.4, -0.2) is 63.4 Å². The molecule has 1 aromatic carbocycles. The Morgan fingerprint density at radius 2 is 1.96 bits per heavy atom. The minimum absolute atomic E-state index is 0.0287. The Bertz CT molecular complexity index is 483. The Hall–Kier alpha value is -1.06. The Morgan fingerprint density at radius 3 is 2.65 bits per heavy atom. The molecule has 0 bridgehead atoms. The highest BCUT2D eigenvalue weighted by Gasteiger charge is 2.50. The Morgan fingerprint density at radius 1 is 1.17 bits per heavy atom. The molecule has 0 amide bonds. The fraction of sp³-hybridized carbons (Fsp3) is 0.625. The molecule has 0 saturated carbocycles. The lowest BCUT2D eigenvalue weighted by molar-refractivity contribution is -0.367. The minimum atomic E-state index is -0.913. The Labute approximate surface area is 135 Å². The zero-order valence-corrected chi connectivity index (χ0v) is 13.2. The molecule has 7 nitrogen and oxygen atoms in total. The molecule has 2 heterocycles. The standard InChI is InChI=1S/C16H22O7/c1-18-9-21-14-12(17)13-11(22-16(14)19-2)8-20-15(23-13)10-6-4-3-5-7-10/h3-7,11-17H,8-9H2,1-2H3/t11-,12+,13+,14-,15?,16-/m1/s1. The first-order valence-electron chi connectivity index (χ1n) is 7.53. The van der Waals surface area contributed by atoms with Gasteiger partial charge in [-0.2, -0.15) is 0 Å². The average molecular weight is 326 g/mol. The third-order valence-electron chi connectivity index (χ3n) is 3.99. The molecule has 23 heavy (non-hydrogen) atoms. The molecule has 0 aliphatic carbocycles. The van der Waals surface area contributed by atoms with Crippen LogP contribution < -0.4 is 0 Å². The fourth-order valence-corrected chi connectivity index (χ4v) is 2.86. The first-order valence-corrected chi connectivity index (χ1v) is 7.53. The van der Waals surface area contributed by atoms with Crippen LogP contribution in [0.5, 0.6) is 0 Å². The van der Waals surface area contributed by atoms with Crippen molar-refractivity contribution in [1.29, 1.82) is 0 Å². The molecular weight excluding hydrogens is 304 g/mol. The predicted molar refractivity (Wildman–Crippen MR) is 78.4 cm³/mol.